The maximum Gasteiger partial charge on any atom is 0.0726 e. The smallest absolute Gasteiger partial charge is 0.0726 e. The van der Waals surface area contributed by atoms with Crippen molar-refractivity contribution in [1.29, 1.82) is 0 Å². The molecule has 1 aliphatic heterocycles. The molecular weight excluding hydrogens is 224 g/mol. The van der Waals surface area contributed by atoms with E-state index in [0.29, 0.717) is 0 Å². The zero-order valence-electron chi connectivity index (χ0n) is 11.6. The first-order valence-electron chi connectivity index (χ1n) is 6.86. The van der Waals surface area contributed by atoms with Gasteiger partial charge in [-0.25, -0.2) is 0 Å². The molecule has 1 heterocycles. The van der Waals surface area contributed by atoms with Gasteiger partial charge in [-0.15, -0.1) is 0 Å². The molecule has 0 aliphatic carbocycles. The van der Waals surface area contributed by atoms with Gasteiger partial charge >= 0.3 is 0 Å². The van der Waals surface area contributed by atoms with Crippen LogP contribution in [-0.2, 0) is 4.74 Å². The van der Waals surface area contributed by atoms with E-state index in [0.717, 1.165) is 19.5 Å². The minimum atomic E-state index is 0.120. The number of hydrogen-bond donors (Lipinski definition) is 1. The molecule has 100 valence electrons. The fraction of sp³-hybridized carbons (Fsp3) is 0.600. The van der Waals surface area contributed by atoms with Crippen molar-refractivity contribution in [3.8, 4) is 0 Å². The Bertz CT molecular complexity index is 384. The van der Waals surface area contributed by atoms with Crippen LogP contribution in [0.15, 0.2) is 24.3 Å². The first-order chi connectivity index (χ1) is 8.61. The molecule has 0 bridgehead atoms. The largest absolute Gasteiger partial charge is 0.372 e. The third-order valence-electron chi connectivity index (χ3n) is 3.54. The summed E-state index contributed by atoms with van der Waals surface area (Å²) in [6, 6.07) is 8.60. The molecule has 3 heteroatoms. The summed E-state index contributed by atoms with van der Waals surface area (Å²) in [5.74, 6) is 0. The molecule has 0 unspecified atom stereocenters. The lowest BCUT2D eigenvalue weighted by atomic mass is 10.0. The minimum Gasteiger partial charge on any atom is -0.372 e. The number of ether oxygens (including phenoxy) is 1. The van der Waals surface area contributed by atoms with Gasteiger partial charge in [-0.2, -0.15) is 0 Å². The van der Waals surface area contributed by atoms with Crippen LogP contribution in [0.2, 0.25) is 0 Å². The van der Waals surface area contributed by atoms with E-state index < -0.39 is 0 Å². The molecule has 0 radical (unpaired) electrons. The molecule has 1 saturated heterocycles. The Labute approximate surface area is 110 Å². The molecule has 1 fully saturated rings. The highest BCUT2D eigenvalue weighted by Gasteiger charge is 2.24. The van der Waals surface area contributed by atoms with Gasteiger partial charge in [-0.1, -0.05) is 25.1 Å². The van der Waals surface area contributed by atoms with E-state index in [1.165, 1.54) is 11.3 Å². The van der Waals surface area contributed by atoms with Crippen molar-refractivity contribution in [2.45, 2.75) is 45.4 Å². The Balaban J connectivity index is 2.26. The van der Waals surface area contributed by atoms with Crippen molar-refractivity contribution in [3.63, 3.8) is 0 Å². The van der Waals surface area contributed by atoms with Crippen LogP contribution in [0.1, 0.15) is 38.8 Å². The number of benzene rings is 1. The van der Waals surface area contributed by atoms with E-state index in [-0.39, 0.29) is 18.2 Å². The third kappa shape index (κ3) is 2.85. The van der Waals surface area contributed by atoms with E-state index in [1.54, 1.807) is 0 Å². The Morgan fingerprint density at radius 3 is 2.50 bits per heavy atom. The summed E-state index contributed by atoms with van der Waals surface area (Å²) >= 11 is 0. The maximum atomic E-state index is 6.21. The number of rotatable bonds is 3. The number of anilines is 1. The quantitative estimate of drug-likeness (QED) is 0.894. The van der Waals surface area contributed by atoms with Gasteiger partial charge in [0.25, 0.3) is 0 Å². The summed E-state index contributed by atoms with van der Waals surface area (Å²) in [5.41, 5.74) is 8.74. The maximum absolute atomic E-state index is 6.21. The fourth-order valence-electron chi connectivity index (χ4n) is 2.68. The molecule has 1 aliphatic rings. The van der Waals surface area contributed by atoms with Gasteiger partial charge in [0.2, 0.25) is 0 Å². The monoisotopic (exact) mass is 248 g/mol. The van der Waals surface area contributed by atoms with E-state index in [1.807, 2.05) is 0 Å². The number of para-hydroxylation sites is 1. The van der Waals surface area contributed by atoms with Crippen LogP contribution < -0.4 is 10.6 Å². The van der Waals surface area contributed by atoms with Crippen molar-refractivity contribution in [2.75, 3.05) is 18.0 Å². The Kier molecular flexibility index (Phi) is 4.25. The lowest BCUT2D eigenvalue weighted by Gasteiger charge is -2.38. The summed E-state index contributed by atoms with van der Waals surface area (Å²) in [6.45, 7) is 8.28. The van der Waals surface area contributed by atoms with E-state index in [2.05, 4.69) is 49.9 Å². The second kappa shape index (κ2) is 5.72. The molecule has 0 aromatic heterocycles. The van der Waals surface area contributed by atoms with Crippen LogP contribution in [0.4, 0.5) is 5.69 Å². The molecule has 18 heavy (non-hydrogen) atoms. The number of hydrogen-bond acceptors (Lipinski definition) is 3. The number of nitrogens with zero attached hydrogens (tertiary/aromatic N) is 1. The summed E-state index contributed by atoms with van der Waals surface area (Å²) < 4.78 is 5.79. The van der Waals surface area contributed by atoms with Crippen molar-refractivity contribution < 1.29 is 4.74 Å². The summed E-state index contributed by atoms with van der Waals surface area (Å²) in [5, 5.41) is 0. The molecule has 0 amide bonds. The van der Waals surface area contributed by atoms with Crippen LogP contribution in [0.3, 0.4) is 0 Å². The third-order valence-corrected chi connectivity index (χ3v) is 3.54. The second-order valence-electron chi connectivity index (χ2n) is 5.24. The van der Waals surface area contributed by atoms with Crippen LogP contribution in [0.5, 0.6) is 0 Å². The Morgan fingerprint density at radius 1 is 1.28 bits per heavy atom. The molecular formula is C15H24N2O. The topological polar surface area (TPSA) is 38.5 Å². The summed E-state index contributed by atoms with van der Waals surface area (Å²) in [7, 11) is 0. The SMILES string of the molecule is CC[C@@H](N)c1ccccc1N1C[C@@H](C)O[C@@H](C)C1. The van der Waals surface area contributed by atoms with Crippen LogP contribution >= 0.6 is 0 Å². The van der Waals surface area contributed by atoms with Gasteiger partial charge in [-0.05, 0) is 31.9 Å². The first-order valence-corrected chi connectivity index (χ1v) is 6.86. The fourth-order valence-corrected chi connectivity index (χ4v) is 2.68. The van der Waals surface area contributed by atoms with E-state index >= 15 is 0 Å². The van der Waals surface area contributed by atoms with Gasteiger partial charge in [0.05, 0.1) is 12.2 Å². The lowest BCUT2D eigenvalue weighted by molar-refractivity contribution is -0.00528. The Hall–Kier alpha value is -1.06. The molecule has 3 atom stereocenters. The standard InChI is InChI=1S/C15H24N2O/c1-4-14(16)13-7-5-6-8-15(13)17-9-11(2)18-12(3)10-17/h5-8,11-12,14H,4,9-10,16H2,1-3H3/t11-,12+,14-/m1/s1. The van der Waals surface area contributed by atoms with Gasteiger partial charge in [0.1, 0.15) is 0 Å². The molecule has 0 saturated carbocycles. The minimum absolute atomic E-state index is 0.120. The van der Waals surface area contributed by atoms with Gasteiger partial charge in [0, 0.05) is 24.8 Å². The first kappa shape index (κ1) is 13.4. The number of morpholine rings is 1. The second-order valence-corrected chi connectivity index (χ2v) is 5.24. The molecule has 1 aromatic carbocycles. The average Bonchev–Trinajstić information content (AvgIpc) is 2.36. The van der Waals surface area contributed by atoms with Crippen molar-refractivity contribution in [3.05, 3.63) is 29.8 Å². The van der Waals surface area contributed by atoms with Crippen LogP contribution in [0, 0.1) is 0 Å². The highest BCUT2D eigenvalue weighted by molar-refractivity contribution is 5.55. The van der Waals surface area contributed by atoms with Crippen LogP contribution in [0.25, 0.3) is 0 Å². The molecule has 3 nitrogen and oxygen atoms in total. The average molecular weight is 248 g/mol. The van der Waals surface area contributed by atoms with Crippen molar-refractivity contribution >= 4 is 5.69 Å². The zero-order chi connectivity index (χ0) is 13.1. The molecule has 2 N–H and O–H groups in total. The highest BCUT2D eigenvalue weighted by Crippen LogP contribution is 2.29. The van der Waals surface area contributed by atoms with Crippen LogP contribution in [-0.4, -0.2) is 25.3 Å². The van der Waals surface area contributed by atoms with Gasteiger partial charge in [0.15, 0.2) is 0 Å². The normalized spacial score (nSPS) is 26.1. The predicted octanol–water partition coefficient (Wildman–Crippen LogP) is 2.71. The molecule has 2 rings (SSSR count). The van der Waals surface area contributed by atoms with E-state index in [9.17, 15) is 0 Å². The van der Waals surface area contributed by atoms with Crippen molar-refractivity contribution in [2.24, 2.45) is 5.73 Å². The van der Waals surface area contributed by atoms with Crippen molar-refractivity contribution in [1.82, 2.24) is 0 Å². The predicted molar refractivity (Wildman–Crippen MR) is 75.9 cm³/mol. The summed E-state index contributed by atoms with van der Waals surface area (Å²) in [4.78, 5) is 2.41. The molecule has 0 spiro atoms. The Morgan fingerprint density at radius 2 is 1.89 bits per heavy atom. The van der Waals surface area contributed by atoms with E-state index in [4.69, 9.17) is 10.5 Å². The highest BCUT2D eigenvalue weighted by atomic mass is 16.5. The van der Waals surface area contributed by atoms with Gasteiger partial charge in [-0.3, -0.25) is 0 Å². The number of nitrogens with two attached hydrogens (primary N) is 1. The summed E-state index contributed by atoms with van der Waals surface area (Å²) in [6.07, 6.45) is 1.52. The molecule has 1 aromatic rings. The zero-order valence-corrected chi connectivity index (χ0v) is 11.6. The lowest BCUT2D eigenvalue weighted by Crippen LogP contribution is -2.46. The van der Waals surface area contributed by atoms with Gasteiger partial charge < -0.3 is 15.4 Å².